The van der Waals surface area contributed by atoms with Crippen molar-refractivity contribution in [1.82, 2.24) is 9.97 Å². The molecule has 7 nitrogen and oxygen atoms in total. The largest absolute Gasteiger partial charge is 0.368 e. The van der Waals surface area contributed by atoms with Crippen LogP contribution in [0.5, 0.6) is 0 Å². The van der Waals surface area contributed by atoms with Crippen molar-refractivity contribution in [2.45, 2.75) is 46.6 Å². The van der Waals surface area contributed by atoms with E-state index in [1.165, 1.54) is 0 Å². The minimum atomic E-state index is -0.398. The molecule has 0 aliphatic rings. The number of aromatic nitrogens is 2. The molecule has 1 amide bonds. The van der Waals surface area contributed by atoms with Gasteiger partial charge in [0.1, 0.15) is 17.5 Å². The Bertz CT molecular complexity index is 486. The number of primary amides is 1. The molecule has 0 saturated heterocycles. The molecule has 1 heterocycles. The van der Waals surface area contributed by atoms with E-state index in [0.29, 0.717) is 17.5 Å². The van der Waals surface area contributed by atoms with Crippen molar-refractivity contribution < 1.29 is 4.79 Å². The van der Waals surface area contributed by atoms with E-state index in [2.05, 4.69) is 15.4 Å². The van der Waals surface area contributed by atoms with Gasteiger partial charge < -0.3 is 16.1 Å². The van der Waals surface area contributed by atoms with Crippen molar-refractivity contribution in [2.75, 3.05) is 16.9 Å². The zero-order valence-electron chi connectivity index (χ0n) is 12.8. The van der Waals surface area contributed by atoms with Crippen LogP contribution in [0.3, 0.4) is 0 Å². The van der Waals surface area contributed by atoms with Crippen LogP contribution in [0.1, 0.15) is 45.0 Å². The normalized spacial score (nSPS) is 11.0. The third kappa shape index (κ3) is 3.57. The van der Waals surface area contributed by atoms with Crippen molar-refractivity contribution in [3.05, 3.63) is 11.4 Å². The number of hydrogen-bond donors (Lipinski definition) is 3. The van der Waals surface area contributed by atoms with E-state index >= 15 is 0 Å². The van der Waals surface area contributed by atoms with Gasteiger partial charge in [0, 0.05) is 17.5 Å². The maximum atomic E-state index is 11.3. The summed E-state index contributed by atoms with van der Waals surface area (Å²) in [5, 5.41) is 0. The van der Waals surface area contributed by atoms with Gasteiger partial charge in [0.05, 0.1) is 6.54 Å². The zero-order chi connectivity index (χ0) is 15.4. The molecule has 0 spiro atoms. The van der Waals surface area contributed by atoms with Gasteiger partial charge in [0.25, 0.3) is 0 Å². The summed E-state index contributed by atoms with van der Waals surface area (Å²) in [4.78, 5) is 22.1. The van der Waals surface area contributed by atoms with E-state index in [1.54, 1.807) is 0 Å². The highest BCUT2D eigenvalue weighted by Crippen LogP contribution is 2.26. The van der Waals surface area contributed by atoms with Crippen molar-refractivity contribution in [1.29, 1.82) is 0 Å². The Morgan fingerprint density at radius 1 is 1.30 bits per heavy atom. The van der Waals surface area contributed by atoms with Crippen molar-refractivity contribution in [3.63, 3.8) is 0 Å². The van der Waals surface area contributed by atoms with Gasteiger partial charge in [-0.05, 0) is 20.8 Å². The first-order valence-electron chi connectivity index (χ1n) is 6.68. The number of anilines is 2. The number of hydrazine groups is 1. The summed E-state index contributed by atoms with van der Waals surface area (Å²) >= 11 is 0. The maximum Gasteiger partial charge on any atom is 0.237 e. The maximum absolute atomic E-state index is 11.3. The van der Waals surface area contributed by atoms with Crippen LogP contribution in [-0.2, 0) is 4.79 Å². The number of carbonyl (C=O) groups is 1. The van der Waals surface area contributed by atoms with E-state index in [0.717, 1.165) is 5.56 Å². The summed E-state index contributed by atoms with van der Waals surface area (Å²) < 4.78 is 0. The van der Waals surface area contributed by atoms with E-state index in [1.807, 2.05) is 39.5 Å². The second-order valence-electron chi connectivity index (χ2n) is 5.37. The Hall–Kier alpha value is -1.89. The molecule has 0 saturated carbocycles. The van der Waals surface area contributed by atoms with Gasteiger partial charge in [-0.3, -0.25) is 4.79 Å². The van der Waals surface area contributed by atoms with Gasteiger partial charge in [0.2, 0.25) is 5.91 Å². The molecule has 0 aliphatic carbocycles. The predicted molar refractivity (Wildman–Crippen MR) is 80.3 cm³/mol. The number of nitrogen functional groups attached to an aromatic ring is 1. The third-order valence-electron chi connectivity index (χ3n) is 3.01. The Balaban J connectivity index is 3.38. The van der Waals surface area contributed by atoms with Crippen LogP contribution in [0.4, 0.5) is 11.6 Å². The minimum Gasteiger partial charge on any atom is -0.368 e. The second kappa shape index (κ2) is 6.51. The van der Waals surface area contributed by atoms with Crippen molar-refractivity contribution in [3.8, 4) is 0 Å². The van der Waals surface area contributed by atoms with Gasteiger partial charge in [-0.1, -0.05) is 13.8 Å². The van der Waals surface area contributed by atoms with Crippen LogP contribution < -0.4 is 21.9 Å². The number of carbonyl (C=O) groups excluding carboxylic acids is 1. The fraction of sp³-hybridized carbons (Fsp3) is 0.615. The molecule has 0 radical (unpaired) electrons. The minimum absolute atomic E-state index is 0.0849. The molecule has 20 heavy (non-hydrogen) atoms. The average Bonchev–Trinajstić information content (AvgIpc) is 2.35. The van der Waals surface area contributed by atoms with E-state index < -0.39 is 5.91 Å². The monoisotopic (exact) mass is 280 g/mol. The lowest BCUT2D eigenvalue weighted by atomic mass is 10.2. The Morgan fingerprint density at radius 2 is 1.90 bits per heavy atom. The highest BCUT2D eigenvalue weighted by Gasteiger charge is 2.21. The number of nitrogens with one attached hydrogen (secondary N) is 1. The van der Waals surface area contributed by atoms with Crippen LogP contribution in [0.2, 0.25) is 0 Å². The topological polar surface area (TPSA) is 110 Å². The number of nitrogens with two attached hydrogens (primary N) is 2. The van der Waals surface area contributed by atoms with Crippen molar-refractivity contribution in [2.24, 2.45) is 11.6 Å². The quantitative estimate of drug-likeness (QED) is 0.527. The standard InChI is InChI=1S/C13H24N6O/c1-7(2)11-16-12(18-15)9(5)13(17-11)19(8(3)4)6-10(14)20/h7-8H,6,15H2,1-5H3,(H2,14,20)(H,16,17,18). The highest BCUT2D eigenvalue weighted by molar-refractivity contribution is 5.80. The number of amides is 1. The van der Waals surface area contributed by atoms with Gasteiger partial charge in [-0.25, -0.2) is 15.8 Å². The number of hydrogen-bond acceptors (Lipinski definition) is 6. The Morgan fingerprint density at radius 3 is 2.30 bits per heavy atom. The lowest BCUT2D eigenvalue weighted by Crippen LogP contribution is -2.40. The molecule has 1 aromatic rings. The Kier molecular flexibility index (Phi) is 5.26. The molecule has 0 unspecified atom stereocenters. The highest BCUT2D eigenvalue weighted by atomic mass is 16.1. The van der Waals surface area contributed by atoms with Crippen LogP contribution in [0.25, 0.3) is 0 Å². The van der Waals surface area contributed by atoms with E-state index in [9.17, 15) is 4.79 Å². The zero-order valence-corrected chi connectivity index (χ0v) is 12.8. The van der Waals surface area contributed by atoms with Crippen LogP contribution in [0.15, 0.2) is 0 Å². The molecule has 112 valence electrons. The first-order valence-corrected chi connectivity index (χ1v) is 6.68. The van der Waals surface area contributed by atoms with Crippen LogP contribution in [0, 0.1) is 6.92 Å². The predicted octanol–water partition coefficient (Wildman–Crippen LogP) is 0.894. The summed E-state index contributed by atoms with van der Waals surface area (Å²) in [5.74, 6) is 7.20. The molecule has 0 fully saturated rings. The lowest BCUT2D eigenvalue weighted by molar-refractivity contribution is -0.116. The molecule has 0 aromatic carbocycles. The number of rotatable bonds is 6. The SMILES string of the molecule is Cc1c(NN)nc(C(C)C)nc1N(CC(N)=O)C(C)C. The van der Waals surface area contributed by atoms with Gasteiger partial charge in [-0.2, -0.15) is 0 Å². The van der Waals surface area contributed by atoms with E-state index in [-0.39, 0.29) is 18.5 Å². The molecule has 5 N–H and O–H groups in total. The molecule has 0 aliphatic heterocycles. The summed E-state index contributed by atoms with van der Waals surface area (Å²) in [7, 11) is 0. The Labute approximate surface area is 119 Å². The molecule has 7 heteroatoms. The summed E-state index contributed by atoms with van der Waals surface area (Å²) in [6, 6.07) is 0.0849. The van der Waals surface area contributed by atoms with Gasteiger partial charge >= 0.3 is 0 Å². The summed E-state index contributed by atoms with van der Waals surface area (Å²) in [6.45, 7) is 9.94. The van der Waals surface area contributed by atoms with Gasteiger partial charge in [-0.15, -0.1) is 0 Å². The van der Waals surface area contributed by atoms with E-state index in [4.69, 9.17) is 11.6 Å². The fourth-order valence-corrected chi connectivity index (χ4v) is 1.87. The van der Waals surface area contributed by atoms with Crippen LogP contribution in [-0.4, -0.2) is 28.5 Å². The molecule has 1 aromatic heterocycles. The molecular weight excluding hydrogens is 256 g/mol. The molecule has 0 bridgehead atoms. The number of nitrogens with zero attached hydrogens (tertiary/aromatic N) is 3. The average molecular weight is 280 g/mol. The smallest absolute Gasteiger partial charge is 0.237 e. The second-order valence-corrected chi connectivity index (χ2v) is 5.37. The molecular formula is C13H24N6O. The first-order chi connectivity index (χ1) is 9.27. The summed E-state index contributed by atoms with van der Waals surface area (Å²) in [6.07, 6.45) is 0. The van der Waals surface area contributed by atoms with Gasteiger partial charge in [0.15, 0.2) is 0 Å². The van der Waals surface area contributed by atoms with Crippen LogP contribution >= 0.6 is 0 Å². The molecule has 1 rings (SSSR count). The lowest BCUT2D eigenvalue weighted by Gasteiger charge is -2.29. The molecule has 0 atom stereocenters. The third-order valence-corrected chi connectivity index (χ3v) is 3.01. The fourth-order valence-electron chi connectivity index (χ4n) is 1.87. The first kappa shape index (κ1) is 16.2. The van der Waals surface area contributed by atoms with Crippen molar-refractivity contribution >= 4 is 17.5 Å². The summed E-state index contributed by atoms with van der Waals surface area (Å²) in [5.41, 5.74) is 8.70.